The maximum atomic E-state index is 12.8. The number of rotatable bonds is 2. The number of benzene rings is 1. The third-order valence-electron chi connectivity index (χ3n) is 2.60. The average Bonchev–Trinajstić information content (AvgIpc) is 2.26. The van der Waals surface area contributed by atoms with Crippen LogP contribution in [0.1, 0.15) is 25.0 Å². The largest absolute Gasteiger partial charge is 0.468 e. The summed E-state index contributed by atoms with van der Waals surface area (Å²) in [6.45, 7) is 2.81. The van der Waals surface area contributed by atoms with Crippen molar-refractivity contribution in [1.82, 2.24) is 0 Å². The van der Waals surface area contributed by atoms with Gasteiger partial charge in [0.25, 0.3) is 0 Å². The Balaban J connectivity index is 3.37. The van der Waals surface area contributed by atoms with Crippen molar-refractivity contribution in [2.24, 2.45) is 0 Å². The highest BCUT2D eigenvalue weighted by Gasteiger charge is 2.41. The number of carbonyl (C=O) groups is 1. The van der Waals surface area contributed by atoms with E-state index in [2.05, 4.69) is 4.74 Å². The summed E-state index contributed by atoms with van der Waals surface area (Å²) in [4.78, 5) is 11.5. The van der Waals surface area contributed by atoms with Crippen LogP contribution < -0.4 is 0 Å². The van der Waals surface area contributed by atoms with Crippen LogP contribution in [0.4, 0.5) is 13.2 Å². The summed E-state index contributed by atoms with van der Waals surface area (Å²) in [5.41, 5.74) is -2.23. The smallest absolute Gasteiger partial charge is 0.416 e. The first-order valence-corrected chi connectivity index (χ1v) is 4.96. The monoisotopic (exact) mass is 246 g/mol. The summed E-state index contributed by atoms with van der Waals surface area (Å²) < 4.78 is 42.9. The number of alkyl halides is 3. The Morgan fingerprint density at radius 3 is 2.00 bits per heavy atom. The van der Waals surface area contributed by atoms with E-state index < -0.39 is 23.1 Å². The number of esters is 1. The molecular weight excluding hydrogens is 233 g/mol. The van der Waals surface area contributed by atoms with Crippen molar-refractivity contribution in [2.75, 3.05) is 7.11 Å². The standard InChI is InChI=1S/C12H13F3O2/c1-11(2,10(16)17-3)8-6-4-5-7-9(8)12(13,14)15/h4-7H,1-3H3. The van der Waals surface area contributed by atoms with E-state index in [9.17, 15) is 18.0 Å². The molecule has 1 aromatic carbocycles. The van der Waals surface area contributed by atoms with Gasteiger partial charge in [-0.2, -0.15) is 13.2 Å². The minimum atomic E-state index is -4.48. The third-order valence-corrected chi connectivity index (χ3v) is 2.60. The second-order valence-corrected chi connectivity index (χ2v) is 4.16. The van der Waals surface area contributed by atoms with Gasteiger partial charge in [0.05, 0.1) is 18.1 Å². The van der Waals surface area contributed by atoms with Crippen molar-refractivity contribution >= 4 is 5.97 Å². The Bertz CT molecular complexity index is 422. The molecule has 0 aromatic heterocycles. The van der Waals surface area contributed by atoms with Crippen LogP contribution in [-0.2, 0) is 21.1 Å². The highest BCUT2D eigenvalue weighted by atomic mass is 19.4. The molecule has 17 heavy (non-hydrogen) atoms. The van der Waals surface area contributed by atoms with E-state index in [0.29, 0.717) is 0 Å². The number of ether oxygens (including phenoxy) is 1. The second-order valence-electron chi connectivity index (χ2n) is 4.16. The van der Waals surface area contributed by atoms with Crippen molar-refractivity contribution in [2.45, 2.75) is 25.4 Å². The second kappa shape index (κ2) is 4.39. The summed E-state index contributed by atoms with van der Waals surface area (Å²) in [6.07, 6.45) is -4.48. The fourth-order valence-electron chi connectivity index (χ4n) is 1.64. The van der Waals surface area contributed by atoms with E-state index in [-0.39, 0.29) is 5.56 Å². The molecule has 2 nitrogen and oxygen atoms in total. The molecule has 94 valence electrons. The molecular formula is C12H13F3O2. The Labute approximate surface area is 97.4 Å². The zero-order valence-electron chi connectivity index (χ0n) is 9.76. The summed E-state index contributed by atoms with van der Waals surface area (Å²) in [6, 6.07) is 5.01. The summed E-state index contributed by atoms with van der Waals surface area (Å²) in [5.74, 6) is -0.700. The van der Waals surface area contributed by atoms with E-state index in [0.717, 1.165) is 13.2 Å². The number of hydrogen-bond acceptors (Lipinski definition) is 2. The molecule has 0 spiro atoms. The Hall–Kier alpha value is -1.52. The van der Waals surface area contributed by atoms with E-state index in [1.54, 1.807) is 0 Å². The first-order chi connectivity index (χ1) is 7.71. The molecule has 0 aliphatic rings. The van der Waals surface area contributed by atoms with E-state index >= 15 is 0 Å². The number of carbonyl (C=O) groups excluding carboxylic acids is 1. The molecule has 1 aromatic rings. The summed E-state index contributed by atoms with van der Waals surface area (Å²) >= 11 is 0. The molecule has 0 bridgehead atoms. The topological polar surface area (TPSA) is 26.3 Å². The molecule has 0 atom stereocenters. The van der Waals surface area contributed by atoms with Gasteiger partial charge in [0.15, 0.2) is 0 Å². The van der Waals surface area contributed by atoms with Crippen LogP contribution in [0.25, 0.3) is 0 Å². The van der Waals surface area contributed by atoms with Gasteiger partial charge in [-0.25, -0.2) is 0 Å². The fraction of sp³-hybridized carbons (Fsp3) is 0.417. The lowest BCUT2D eigenvalue weighted by Gasteiger charge is -2.25. The lowest BCUT2D eigenvalue weighted by molar-refractivity contribution is -0.147. The lowest BCUT2D eigenvalue weighted by Crippen LogP contribution is -2.32. The molecule has 5 heteroatoms. The highest BCUT2D eigenvalue weighted by Crippen LogP contribution is 2.37. The van der Waals surface area contributed by atoms with E-state index in [1.807, 2.05) is 0 Å². The SMILES string of the molecule is COC(=O)C(C)(C)c1ccccc1C(F)(F)F. The molecule has 0 aliphatic heterocycles. The van der Waals surface area contributed by atoms with Crippen molar-refractivity contribution in [3.63, 3.8) is 0 Å². The summed E-state index contributed by atoms with van der Waals surface area (Å²) in [5, 5.41) is 0. The zero-order chi connectivity index (χ0) is 13.3. The van der Waals surface area contributed by atoms with Gasteiger partial charge in [-0.3, -0.25) is 4.79 Å². The van der Waals surface area contributed by atoms with Gasteiger partial charge in [-0.15, -0.1) is 0 Å². The average molecular weight is 246 g/mol. The minimum Gasteiger partial charge on any atom is -0.468 e. The molecule has 0 amide bonds. The van der Waals surface area contributed by atoms with Gasteiger partial charge in [0.1, 0.15) is 0 Å². The molecule has 0 fully saturated rings. The fourth-order valence-corrected chi connectivity index (χ4v) is 1.64. The van der Waals surface area contributed by atoms with Gasteiger partial charge < -0.3 is 4.74 Å². The number of halogens is 3. The zero-order valence-corrected chi connectivity index (χ0v) is 9.76. The van der Waals surface area contributed by atoms with E-state index in [1.165, 1.54) is 32.0 Å². The Morgan fingerprint density at radius 1 is 1.12 bits per heavy atom. The van der Waals surface area contributed by atoms with Crippen molar-refractivity contribution in [3.8, 4) is 0 Å². The maximum absolute atomic E-state index is 12.8. The predicted molar refractivity (Wildman–Crippen MR) is 56.5 cm³/mol. The van der Waals surface area contributed by atoms with Gasteiger partial charge in [-0.05, 0) is 25.5 Å². The molecule has 0 heterocycles. The van der Waals surface area contributed by atoms with E-state index in [4.69, 9.17) is 0 Å². The van der Waals surface area contributed by atoms with Gasteiger partial charge in [-0.1, -0.05) is 18.2 Å². The molecule has 0 aliphatic carbocycles. The minimum absolute atomic E-state index is 0.0839. The van der Waals surface area contributed by atoms with Crippen LogP contribution in [0.3, 0.4) is 0 Å². The first-order valence-electron chi connectivity index (χ1n) is 4.96. The van der Waals surface area contributed by atoms with Gasteiger partial charge in [0, 0.05) is 0 Å². The highest BCUT2D eigenvalue weighted by molar-refractivity contribution is 5.82. The Kier molecular flexibility index (Phi) is 3.50. The summed E-state index contributed by atoms with van der Waals surface area (Å²) in [7, 11) is 1.15. The first kappa shape index (κ1) is 13.5. The van der Waals surface area contributed by atoms with Gasteiger partial charge >= 0.3 is 12.1 Å². The molecule has 0 saturated heterocycles. The third kappa shape index (κ3) is 2.60. The maximum Gasteiger partial charge on any atom is 0.416 e. The quantitative estimate of drug-likeness (QED) is 0.749. The predicted octanol–water partition coefficient (Wildman–Crippen LogP) is 3.16. The van der Waals surface area contributed by atoms with Crippen molar-refractivity contribution in [3.05, 3.63) is 35.4 Å². The molecule has 0 saturated carbocycles. The van der Waals surface area contributed by atoms with Crippen molar-refractivity contribution < 1.29 is 22.7 Å². The Morgan fingerprint density at radius 2 is 1.59 bits per heavy atom. The van der Waals surface area contributed by atoms with Crippen LogP contribution in [0.2, 0.25) is 0 Å². The van der Waals surface area contributed by atoms with Crippen LogP contribution in [0.15, 0.2) is 24.3 Å². The molecule has 0 radical (unpaired) electrons. The number of methoxy groups -OCH3 is 1. The normalized spacial score (nSPS) is 12.4. The van der Waals surface area contributed by atoms with Crippen molar-refractivity contribution in [1.29, 1.82) is 0 Å². The van der Waals surface area contributed by atoms with Crippen LogP contribution >= 0.6 is 0 Å². The number of hydrogen-bond donors (Lipinski definition) is 0. The van der Waals surface area contributed by atoms with Gasteiger partial charge in [0.2, 0.25) is 0 Å². The van der Waals surface area contributed by atoms with Crippen LogP contribution in [0, 0.1) is 0 Å². The molecule has 0 N–H and O–H groups in total. The van der Waals surface area contributed by atoms with Crippen LogP contribution in [-0.4, -0.2) is 13.1 Å². The molecule has 1 rings (SSSR count). The molecule has 0 unspecified atom stereocenters. The van der Waals surface area contributed by atoms with Crippen LogP contribution in [0.5, 0.6) is 0 Å². The lowest BCUT2D eigenvalue weighted by atomic mass is 9.81.